The third kappa shape index (κ3) is 1.95. The molecular weight excluding hydrogens is 266 g/mol. The Morgan fingerprint density at radius 3 is 2.80 bits per heavy atom. The predicted octanol–water partition coefficient (Wildman–Crippen LogP) is 4.56. The molecule has 0 bridgehead atoms. The molecular formula is C17H13NOS. The summed E-state index contributed by atoms with van der Waals surface area (Å²) in [6, 6.07) is 14.2. The lowest BCUT2D eigenvalue weighted by atomic mass is 10.1. The highest BCUT2D eigenvalue weighted by atomic mass is 32.1. The van der Waals surface area contributed by atoms with Gasteiger partial charge in [-0.3, -0.25) is 9.78 Å². The third-order valence-electron chi connectivity index (χ3n) is 3.70. The first-order valence-corrected chi connectivity index (χ1v) is 7.63. The number of thiophene rings is 1. The van der Waals surface area contributed by atoms with Crippen molar-refractivity contribution in [3.63, 3.8) is 0 Å². The van der Waals surface area contributed by atoms with Gasteiger partial charge in [-0.25, -0.2) is 0 Å². The summed E-state index contributed by atoms with van der Waals surface area (Å²) < 4.78 is 0. The Balaban J connectivity index is 1.81. The van der Waals surface area contributed by atoms with E-state index in [1.54, 1.807) is 11.3 Å². The summed E-state index contributed by atoms with van der Waals surface area (Å²) in [5.41, 5.74) is 2.12. The largest absolute Gasteiger partial charge is 0.293 e. The summed E-state index contributed by atoms with van der Waals surface area (Å²) in [5.74, 6) is 0.599. The fourth-order valence-corrected chi connectivity index (χ4v) is 3.52. The van der Waals surface area contributed by atoms with E-state index in [-0.39, 0.29) is 5.92 Å². The summed E-state index contributed by atoms with van der Waals surface area (Å²) in [7, 11) is 0. The van der Waals surface area contributed by atoms with E-state index in [9.17, 15) is 4.79 Å². The average molecular weight is 279 g/mol. The SMILES string of the molecule is O=C(c1ccc(-c2cccc3cccnc23)s1)C1CC1. The minimum atomic E-state index is 0.284. The van der Waals surface area contributed by atoms with Gasteiger partial charge >= 0.3 is 0 Å². The summed E-state index contributed by atoms with van der Waals surface area (Å²) in [6.07, 6.45) is 3.93. The van der Waals surface area contributed by atoms with Crippen molar-refractivity contribution in [2.24, 2.45) is 5.92 Å². The molecule has 3 aromatic rings. The molecule has 1 aliphatic rings. The molecule has 1 aromatic carbocycles. The molecule has 98 valence electrons. The summed E-state index contributed by atoms with van der Waals surface area (Å²) in [4.78, 5) is 18.6. The van der Waals surface area contributed by atoms with Crippen LogP contribution in [0.5, 0.6) is 0 Å². The Bertz CT molecular complexity index is 796. The van der Waals surface area contributed by atoms with Gasteiger partial charge in [0, 0.05) is 27.9 Å². The average Bonchev–Trinajstić information content (AvgIpc) is 3.23. The standard InChI is InChI=1S/C17H13NOS/c19-17(12-6-7-12)15-9-8-14(20-15)13-5-1-3-11-4-2-10-18-16(11)13/h1-5,8-10,12H,6-7H2. The van der Waals surface area contributed by atoms with Crippen molar-refractivity contribution in [2.75, 3.05) is 0 Å². The van der Waals surface area contributed by atoms with Crippen molar-refractivity contribution in [1.29, 1.82) is 0 Å². The van der Waals surface area contributed by atoms with Gasteiger partial charge in [-0.1, -0.05) is 24.3 Å². The molecule has 4 rings (SSSR count). The minimum absolute atomic E-state index is 0.284. The Labute approximate surface area is 121 Å². The fourth-order valence-electron chi connectivity index (χ4n) is 2.46. The van der Waals surface area contributed by atoms with Crippen molar-refractivity contribution in [3.05, 3.63) is 53.5 Å². The Morgan fingerprint density at radius 2 is 1.95 bits per heavy atom. The highest BCUT2D eigenvalue weighted by molar-refractivity contribution is 7.17. The number of ketones is 1. The van der Waals surface area contributed by atoms with E-state index in [1.165, 1.54) is 0 Å². The molecule has 1 aliphatic carbocycles. The van der Waals surface area contributed by atoms with Gasteiger partial charge in [0.25, 0.3) is 0 Å². The predicted molar refractivity (Wildman–Crippen MR) is 82.1 cm³/mol. The first-order chi connectivity index (χ1) is 9.83. The molecule has 0 N–H and O–H groups in total. The van der Waals surface area contributed by atoms with Gasteiger partial charge in [0.2, 0.25) is 0 Å². The quantitative estimate of drug-likeness (QED) is 0.658. The number of hydrogen-bond acceptors (Lipinski definition) is 3. The molecule has 3 heteroatoms. The second-order valence-corrected chi connectivity index (χ2v) is 6.27. The molecule has 2 heterocycles. The van der Waals surface area contributed by atoms with Crippen molar-refractivity contribution >= 4 is 28.0 Å². The van der Waals surface area contributed by atoms with Crippen LogP contribution in [0.25, 0.3) is 21.3 Å². The smallest absolute Gasteiger partial charge is 0.175 e. The summed E-state index contributed by atoms with van der Waals surface area (Å²) in [5, 5.41) is 1.13. The monoisotopic (exact) mass is 279 g/mol. The molecule has 2 nitrogen and oxygen atoms in total. The molecule has 20 heavy (non-hydrogen) atoms. The lowest BCUT2D eigenvalue weighted by Crippen LogP contribution is -1.96. The number of fused-ring (bicyclic) bond motifs is 1. The lowest BCUT2D eigenvalue weighted by Gasteiger charge is -2.02. The molecule has 0 aliphatic heterocycles. The number of nitrogens with zero attached hydrogens (tertiary/aromatic N) is 1. The van der Waals surface area contributed by atoms with E-state index < -0.39 is 0 Å². The minimum Gasteiger partial charge on any atom is -0.293 e. The normalized spacial score (nSPS) is 14.6. The van der Waals surface area contributed by atoms with Crippen LogP contribution in [-0.4, -0.2) is 10.8 Å². The Hall–Kier alpha value is -2.00. The molecule has 0 radical (unpaired) electrons. The fraction of sp³-hybridized carbons (Fsp3) is 0.176. The van der Waals surface area contributed by atoms with Crippen molar-refractivity contribution in [2.45, 2.75) is 12.8 Å². The molecule has 0 atom stereocenters. The first kappa shape index (κ1) is 11.8. The number of hydrogen-bond donors (Lipinski definition) is 0. The van der Waals surface area contributed by atoms with Gasteiger partial charge in [-0.2, -0.15) is 0 Å². The van der Waals surface area contributed by atoms with Crippen molar-refractivity contribution in [3.8, 4) is 10.4 Å². The summed E-state index contributed by atoms with van der Waals surface area (Å²) in [6.45, 7) is 0. The van der Waals surface area contributed by atoms with E-state index in [0.717, 1.165) is 39.1 Å². The van der Waals surface area contributed by atoms with Gasteiger partial charge in [-0.05, 0) is 31.0 Å². The van der Waals surface area contributed by atoms with Crippen molar-refractivity contribution < 1.29 is 4.79 Å². The zero-order valence-corrected chi connectivity index (χ0v) is 11.7. The van der Waals surface area contributed by atoms with Crippen LogP contribution >= 0.6 is 11.3 Å². The molecule has 0 amide bonds. The number of rotatable bonds is 3. The lowest BCUT2D eigenvalue weighted by molar-refractivity contribution is 0.0971. The van der Waals surface area contributed by atoms with Gasteiger partial charge in [-0.15, -0.1) is 11.3 Å². The number of para-hydroxylation sites is 1. The maximum absolute atomic E-state index is 12.1. The summed E-state index contributed by atoms with van der Waals surface area (Å²) >= 11 is 1.59. The Morgan fingerprint density at radius 1 is 1.10 bits per heavy atom. The molecule has 1 fully saturated rings. The number of pyridine rings is 1. The zero-order valence-electron chi connectivity index (χ0n) is 10.9. The van der Waals surface area contributed by atoms with E-state index >= 15 is 0 Å². The van der Waals surface area contributed by atoms with Crippen LogP contribution in [0.2, 0.25) is 0 Å². The van der Waals surface area contributed by atoms with Crippen LogP contribution in [0.15, 0.2) is 48.7 Å². The second kappa shape index (κ2) is 4.53. The van der Waals surface area contributed by atoms with Gasteiger partial charge in [0.15, 0.2) is 5.78 Å². The number of benzene rings is 1. The highest BCUT2D eigenvalue weighted by Crippen LogP contribution is 2.38. The third-order valence-corrected chi connectivity index (χ3v) is 4.83. The molecule has 2 aromatic heterocycles. The molecule has 0 spiro atoms. The maximum Gasteiger partial charge on any atom is 0.175 e. The van der Waals surface area contributed by atoms with Crippen LogP contribution in [-0.2, 0) is 0 Å². The zero-order chi connectivity index (χ0) is 13.5. The second-order valence-electron chi connectivity index (χ2n) is 5.18. The van der Waals surface area contributed by atoms with Crippen LogP contribution in [0.1, 0.15) is 22.5 Å². The van der Waals surface area contributed by atoms with Crippen LogP contribution < -0.4 is 0 Å². The number of aromatic nitrogens is 1. The van der Waals surface area contributed by atoms with Crippen LogP contribution in [0.3, 0.4) is 0 Å². The molecule has 0 unspecified atom stereocenters. The number of carbonyl (C=O) groups is 1. The van der Waals surface area contributed by atoms with Crippen molar-refractivity contribution in [1.82, 2.24) is 4.98 Å². The van der Waals surface area contributed by atoms with Gasteiger partial charge in [0.1, 0.15) is 0 Å². The van der Waals surface area contributed by atoms with E-state index in [1.807, 2.05) is 30.5 Å². The number of Topliss-reactive ketones (excluding diaryl/α,β-unsaturated/α-hetero) is 1. The van der Waals surface area contributed by atoms with E-state index in [2.05, 4.69) is 23.2 Å². The first-order valence-electron chi connectivity index (χ1n) is 6.81. The topological polar surface area (TPSA) is 30.0 Å². The number of carbonyl (C=O) groups excluding carboxylic acids is 1. The van der Waals surface area contributed by atoms with Gasteiger partial charge < -0.3 is 0 Å². The maximum atomic E-state index is 12.1. The van der Waals surface area contributed by atoms with E-state index in [0.29, 0.717) is 5.78 Å². The van der Waals surface area contributed by atoms with Gasteiger partial charge in [0.05, 0.1) is 10.4 Å². The highest BCUT2D eigenvalue weighted by Gasteiger charge is 2.31. The van der Waals surface area contributed by atoms with E-state index in [4.69, 9.17) is 0 Å². The molecule has 1 saturated carbocycles. The molecule has 0 saturated heterocycles. The Kier molecular flexibility index (Phi) is 2.67. The van der Waals surface area contributed by atoms with Crippen LogP contribution in [0, 0.1) is 5.92 Å². The van der Waals surface area contributed by atoms with Crippen LogP contribution in [0.4, 0.5) is 0 Å².